The first-order valence-corrected chi connectivity index (χ1v) is 38.4. The number of primary sulfonamides is 1. The van der Waals surface area contributed by atoms with Crippen LogP contribution in [-0.4, -0.2) is 115 Å². The number of Topliss-reactive ketones (excluding diaryl/α,β-unsaturated/α-hetero) is 1. The number of ether oxygens (including phenoxy) is 3. The highest BCUT2D eigenvalue weighted by Crippen LogP contribution is 2.48. The summed E-state index contributed by atoms with van der Waals surface area (Å²) < 4.78 is 151. The van der Waals surface area contributed by atoms with Gasteiger partial charge < -0.3 is 29.7 Å². The minimum atomic E-state index is -5.16. The molecule has 2 aliphatic carbocycles. The van der Waals surface area contributed by atoms with Crippen molar-refractivity contribution in [3.8, 4) is 5.75 Å². The van der Waals surface area contributed by atoms with Crippen LogP contribution in [0, 0.1) is 17.5 Å². The average molecular weight is 1380 g/mol. The molecule has 1 amide bonds. The number of unbranched alkanes of at least 4 members (excludes halogenated alkanes) is 3. The molecular weight excluding hydrogens is 1280 g/mol. The van der Waals surface area contributed by atoms with Crippen LogP contribution in [0.5, 0.6) is 5.75 Å². The van der Waals surface area contributed by atoms with E-state index in [-0.39, 0.29) is 61.8 Å². The Balaban J connectivity index is 0.833. The molecule has 1 fully saturated rings. The quantitative estimate of drug-likeness (QED) is 0.0147. The smallest absolute Gasteiger partial charge is 0.264 e. The van der Waals surface area contributed by atoms with E-state index in [1.54, 1.807) is 0 Å². The highest BCUT2D eigenvalue weighted by molar-refractivity contribution is 7.91. The fraction of sp³-hybridized carbons (Fsp3) is 0.514. The Labute approximate surface area is 560 Å². The van der Waals surface area contributed by atoms with Gasteiger partial charge in [0.05, 0.1) is 49.0 Å². The van der Waals surface area contributed by atoms with E-state index in [0.29, 0.717) is 70.1 Å². The van der Waals surface area contributed by atoms with Crippen LogP contribution in [0.1, 0.15) is 173 Å². The van der Waals surface area contributed by atoms with Crippen LogP contribution in [0.15, 0.2) is 129 Å². The Morgan fingerprint density at radius 3 is 2.08 bits per heavy atom. The number of allylic oxidation sites excluding steroid dienone is 7. The largest absolute Gasteiger partial charge is 0.457 e. The number of hydrogen-bond donors (Lipinski definition) is 4. The topological polar surface area (TPSA) is 241 Å². The monoisotopic (exact) mass is 1370 g/mol. The second-order valence-corrected chi connectivity index (χ2v) is 31.3. The van der Waals surface area contributed by atoms with Gasteiger partial charge in [-0.15, -0.1) is 0 Å². The van der Waals surface area contributed by atoms with Crippen LogP contribution in [0.2, 0.25) is 0 Å². The maximum Gasteiger partial charge on any atom is 0.264 e. The number of hydrogen-bond acceptors (Lipinski definition) is 13. The lowest BCUT2D eigenvalue weighted by atomic mass is 9.81. The number of halogens is 3. The number of amides is 1. The molecule has 5 N–H and O–H groups in total. The first-order chi connectivity index (χ1) is 45.2. The fourth-order valence-electron chi connectivity index (χ4n) is 13.3. The van der Waals surface area contributed by atoms with Crippen molar-refractivity contribution in [2.45, 2.75) is 190 Å². The van der Waals surface area contributed by atoms with Crippen molar-refractivity contribution in [2.75, 3.05) is 67.8 Å². The standard InChI is InChI=1S/C72H94F3N5O12S3/c1-6-7-17-43-79-59-30-15-13-28-57(59)71(2,3)61(79)38-34-52-23-21-24-53(35-39-62-72(4,5)58-29-14-16-31-60(58)80(62)44-18-19-49-94(85,86)87)68(52)92-56-36-32-51(33-37-56)22-20-27-55(81)40-45-90-47-48-91-46-42-77-63(82)41-50-93(83,84)70-65(74)64(73)69(95(76,88)89)66(75)67(70)78-54-25-11-9-8-10-12-26-54/h13-16,28-39,54,78H,6-12,17-27,40-50H2,1-5H3,(H3-,76,77,82,85,86,87,88,89)/p+1. The molecule has 0 bridgehead atoms. The molecule has 4 aromatic carbocycles. The number of nitrogens with two attached hydrogens (primary N) is 1. The zero-order chi connectivity index (χ0) is 68.6. The van der Waals surface area contributed by atoms with Gasteiger partial charge in [-0.05, 0) is 131 Å². The van der Waals surface area contributed by atoms with Gasteiger partial charge in [-0.3, -0.25) is 14.1 Å². The number of fused-ring (bicyclic) bond motifs is 2. The summed E-state index contributed by atoms with van der Waals surface area (Å²) >= 11 is 0. The Kier molecular flexibility index (Phi) is 26.3. The molecule has 4 aromatic rings. The molecule has 2 aliphatic heterocycles. The first-order valence-electron chi connectivity index (χ1n) is 33.6. The number of rotatable bonds is 34. The zero-order valence-corrected chi connectivity index (χ0v) is 58.0. The molecule has 518 valence electrons. The van der Waals surface area contributed by atoms with E-state index in [1.165, 1.54) is 22.5 Å². The maximum atomic E-state index is 15.8. The van der Waals surface area contributed by atoms with Gasteiger partial charge in [0.2, 0.25) is 21.6 Å². The summed E-state index contributed by atoms with van der Waals surface area (Å²) in [4.78, 5) is 24.7. The SMILES string of the molecule is CCCCC[N+]1=C(/C=C/C2=C(Oc3ccc(CCCC(=O)CCOCCOCCNC(=O)CCS(=O)(=O)c4c(F)c(F)c(S(N)(=O)=O)c(F)c4NC4CCCCCCC4)cc3)C(=C/C=C3/N(CCCCS(=O)(=O)O)c4ccccc4C3(C)C)/CCC2)C(C)(C)c2ccccc21. The lowest BCUT2D eigenvalue weighted by molar-refractivity contribution is -0.438. The van der Waals surface area contributed by atoms with E-state index in [4.69, 9.17) is 19.3 Å². The van der Waals surface area contributed by atoms with Crippen molar-refractivity contribution < 1.29 is 71.4 Å². The summed E-state index contributed by atoms with van der Waals surface area (Å²) in [5.41, 5.74) is 8.76. The number of benzene rings is 4. The van der Waals surface area contributed by atoms with E-state index < -0.39 is 87.0 Å². The van der Waals surface area contributed by atoms with Crippen molar-refractivity contribution >= 4 is 64.4 Å². The number of sulfone groups is 1. The van der Waals surface area contributed by atoms with Crippen molar-refractivity contribution in [1.29, 1.82) is 0 Å². The number of ketones is 1. The Hall–Kier alpha value is -6.47. The van der Waals surface area contributed by atoms with Crippen molar-refractivity contribution in [3.63, 3.8) is 0 Å². The minimum absolute atomic E-state index is 0.0189. The summed E-state index contributed by atoms with van der Waals surface area (Å²) in [5, 5.41) is 10.1. The molecule has 8 rings (SSSR count). The number of para-hydroxylation sites is 2. The highest BCUT2D eigenvalue weighted by atomic mass is 32.2. The molecule has 0 spiro atoms. The molecule has 0 radical (unpaired) electrons. The zero-order valence-electron chi connectivity index (χ0n) is 55.6. The Morgan fingerprint density at radius 2 is 1.38 bits per heavy atom. The van der Waals surface area contributed by atoms with Crippen LogP contribution in [0.25, 0.3) is 0 Å². The average Bonchev–Trinajstić information content (AvgIpc) is 1.75. The second kappa shape index (κ2) is 33.7. The molecule has 0 atom stereocenters. The Morgan fingerprint density at radius 1 is 0.705 bits per heavy atom. The molecule has 1 saturated carbocycles. The fourth-order valence-corrected chi connectivity index (χ4v) is 16.0. The molecule has 95 heavy (non-hydrogen) atoms. The van der Waals surface area contributed by atoms with Crippen LogP contribution in [-0.2, 0) is 66.3 Å². The molecule has 17 nitrogen and oxygen atoms in total. The van der Waals surface area contributed by atoms with Gasteiger partial charge in [-0.25, -0.2) is 35.1 Å². The predicted molar refractivity (Wildman–Crippen MR) is 366 cm³/mol. The van der Waals surface area contributed by atoms with Crippen LogP contribution in [0.4, 0.5) is 30.2 Å². The minimum Gasteiger partial charge on any atom is -0.457 e. The first kappa shape index (κ1) is 74.3. The number of anilines is 2. The molecule has 0 aromatic heterocycles. The van der Waals surface area contributed by atoms with Crippen LogP contribution in [0.3, 0.4) is 0 Å². The molecule has 23 heteroatoms. The number of carbonyl (C=O) groups excluding carboxylic acids is 2. The van der Waals surface area contributed by atoms with Crippen LogP contribution >= 0.6 is 0 Å². The van der Waals surface area contributed by atoms with E-state index in [1.807, 2.05) is 36.4 Å². The number of sulfonamides is 1. The van der Waals surface area contributed by atoms with Crippen molar-refractivity contribution in [1.82, 2.24) is 5.32 Å². The number of aryl methyl sites for hydroxylation is 1. The summed E-state index contributed by atoms with van der Waals surface area (Å²) in [6, 6.07) is 24.5. The van der Waals surface area contributed by atoms with E-state index in [0.717, 1.165) is 98.2 Å². The van der Waals surface area contributed by atoms with Gasteiger partial charge in [-0.2, -0.15) is 13.0 Å². The highest BCUT2D eigenvalue weighted by Gasteiger charge is 2.45. The van der Waals surface area contributed by atoms with Gasteiger partial charge in [0, 0.05) is 79.3 Å². The molecule has 4 aliphatic rings. The molecule has 0 unspecified atom stereocenters. The normalized spacial score (nSPS) is 17.8. The third kappa shape index (κ3) is 19.6. The number of nitrogens with zero attached hydrogens (tertiary/aromatic N) is 2. The predicted octanol–water partition coefficient (Wildman–Crippen LogP) is 13.5. The third-order valence-corrected chi connectivity index (χ3v) is 21.9. The lowest BCUT2D eigenvalue weighted by Gasteiger charge is -2.27. The summed E-state index contributed by atoms with van der Waals surface area (Å²) in [7, 11) is -14.1. The molecule has 2 heterocycles. The van der Waals surface area contributed by atoms with Crippen molar-refractivity contribution in [3.05, 3.63) is 154 Å². The summed E-state index contributed by atoms with van der Waals surface area (Å²) in [6.07, 6.45) is 21.9. The van der Waals surface area contributed by atoms with E-state index >= 15 is 13.2 Å². The van der Waals surface area contributed by atoms with Gasteiger partial charge in [0.15, 0.2) is 37.9 Å². The molecular formula is C72H95F3N5O12S3+. The van der Waals surface area contributed by atoms with Gasteiger partial charge in [0.25, 0.3) is 10.1 Å². The summed E-state index contributed by atoms with van der Waals surface area (Å²) in [6.45, 7) is 13.2. The second-order valence-electron chi connectivity index (χ2n) is 26.2. The van der Waals surface area contributed by atoms with Crippen molar-refractivity contribution in [2.24, 2.45) is 5.14 Å². The van der Waals surface area contributed by atoms with Gasteiger partial charge in [0.1, 0.15) is 28.7 Å². The van der Waals surface area contributed by atoms with Gasteiger partial charge in [-0.1, -0.05) is 114 Å². The lowest BCUT2D eigenvalue weighted by Crippen LogP contribution is -2.30. The maximum absolute atomic E-state index is 15.8. The van der Waals surface area contributed by atoms with Gasteiger partial charge >= 0.3 is 0 Å². The number of nitrogens with one attached hydrogen (secondary N) is 2. The number of carbonyl (C=O) groups is 2. The molecule has 0 saturated heterocycles. The van der Waals surface area contributed by atoms with Crippen LogP contribution < -0.4 is 25.4 Å². The Bertz CT molecular complexity index is 3890. The summed E-state index contributed by atoms with van der Waals surface area (Å²) in [5.74, 6) is -6.79. The third-order valence-electron chi connectivity index (χ3n) is 18.4. The van der Waals surface area contributed by atoms with E-state index in [9.17, 15) is 39.4 Å². The van der Waals surface area contributed by atoms with E-state index in [2.05, 4.69) is 115 Å².